The predicted molar refractivity (Wildman–Crippen MR) is 121 cm³/mol. The van der Waals surface area contributed by atoms with Crippen LogP contribution in [0, 0.1) is 0 Å². The Kier molecular flexibility index (Phi) is 8.59. The molecule has 0 bridgehead atoms. The SMILES string of the molecule is [B-][P@](=O)(OC[C@H]1O[C@@H](n2cnc3c(N)ncnc32)[C@@H](O)C1O)OP(=O)(O)O[C@@H]1OC(CO)[C@H](O)[C@H](O)C1O. The lowest BCUT2D eigenvalue weighted by molar-refractivity contribution is -0.280. The first-order valence-corrected chi connectivity index (χ1v) is 13.9. The molecule has 0 aliphatic carbocycles. The average Bonchev–Trinajstić information content (AvgIpc) is 3.39. The minimum atomic E-state index is -5.44. The highest BCUT2D eigenvalue weighted by molar-refractivity contribution is 7.83. The molecule has 2 aromatic heterocycles. The second-order valence-corrected chi connectivity index (χ2v) is 11.5. The lowest BCUT2D eigenvalue weighted by atomic mass is 10.00. The Morgan fingerprint density at radius 2 is 1.68 bits per heavy atom. The number of imidazole rings is 1. The molecule has 3 radical (unpaired) electrons. The van der Waals surface area contributed by atoms with E-state index in [4.69, 9.17) is 27.3 Å². The number of aromatic nitrogens is 4. The first-order chi connectivity index (χ1) is 17.7. The maximum atomic E-state index is 12.5. The molecule has 2 fully saturated rings. The third-order valence-corrected chi connectivity index (χ3v) is 8.44. The summed E-state index contributed by atoms with van der Waals surface area (Å²) < 4.78 is 50.3. The molecule has 2 aromatic rings. The third-order valence-electron chi connectivity index (χ3n) is 5.72. The highest BCUT2D eigenvalue weighted by Crippen LogP contribution is 2.61. The van der Waals surface area contributed by atoms with Crippen molar-refractivity contribution in [3.63, 3.8) is 0 Å². The zero-order valence-electron chi connectivity index (χ0n) is 19.1. The zero-order chi connectivity index (χ0) is 28.0. The van der Waals surface area contributed by atoms with Crippen LogP contribution in [0.3, 0.4) is 0 Å². The summed E-state index contributed by atoms with van der Waals surface area (Å²) in [5.41, 5.74) is 6.11. The Bertz CT molecular complexity index is 1240. The summed E-state index contributed by atoms with van der Waals surface area (Å²) in [5, 5.41) is 59.4. The van der Waals surface area contributed by atoms with Crippen LogP contribution in [0.2, 0.25) is 0 Å². The average molecular weight is 583 g/mol. The van der Waals surface area contributed by atoms with E-state index in [-0.39, 0.29) is 17.0 Å². The molecule has 4 rings (SSSR count). The monoisotopic (exact) mass is 583 g/mol. The topological polar surface area (TPSA) is 292 Å². The van der Waals surface area contributed by atoms with Gasteiger partial charge in [-0.3, -0.25) is 9.09 Å². The van der Waals surface area contributed by atoms with Gasteiger partial charge >= 0.3 is 7.82 Å². The van der Waals surface area contributed by atoms with Crippen molar-refractivity contribution in [2.45, 2.75) is 55.2 Å². The highest BCUT2D eigenvalue weighted by Gasteiger charge is 2.48. The fourth-order valence-corrected chi connectivity index (χ4v) is 6.09. The fraction of sp³-hybridized carbons (Fsp3) is 0.688. The number of nitrogens with two attached hydrogens (primary N) is 1. The van der Waals surface area contributed by atoms with E-state index in [1.807, 2.05) is 0 Å². The third kappa shape index (κ3) is 5.93. The number of aliphatic hydroxyl groups excluding tert-OH is 6. The zero-order valence-corrected chi connectivity index (χ0v) is 20.9. The van der Waals surface area contributed by atoms with Crippen LogP contribution < -0.4 is 5.73 Å². The molecule has 4 unspecified atom stereocenters. The van der Waals surface area contributed by atoms with Crippen LogP contribution in [0.5, 0.6) is 0 Å². The molecular weight excluding hydrogens is 559 g/mol. The van der Waals surface area contributed by atoms with Gasteiger partial charge in [-0.2, -0.15) is 0 Å². The van der Waals surface area contributed by atoms with Crippen molar-refractivity contribution in [1.82, 2.24) is 19.5 Å². The number of fused-ring (bicyclic) bond motifs is 1. The van der Waals surface area contributed by atoms with E-state index < -0.39 is 83.8 Å². The van der Waals surface area contributed by atoms with Gasteiger partial charge in [0.25, 0.3) is 0 Å². The molecule has 0 amide bonds. The molecule has 11 atom stereocenters. The molecule has 2 saturated heterocycles. The Balaban J connectivity index is 1.38. The van der Waals surface area contributed by atoms with Crippen LogP contribution in [0.25, 0.3) is 11.2 Å². The smallest absolute Gasteiger partial charge is 0.443 e. The summed E-state index contributed by atoms with van der Waals surface area (Å²) in [4.78, 5) is 21.8. The van der Waals surface area contributed by atoms with Gasteiger partial charge < -0.3 is 67.4 Å². The van der Waals surface area contributed by atoms with Crippen LogP contribution in [0.4, 0.5) is 5.82 Å². The minimum Gasteiger partial charge on any atom is -0.443 e. The Labute approximate surface area is 214 Å². The van der Waals surface area contributed by atoms with Crippen molar-refractivity contribution in [1.29, 1.82) is 0 Å². The Morgan fingerprint density at radius 1 is 1.00 bits per heavy atom. The summed E-state index contributed by atoms with van der Waals surface area (Å²) in [6.07, 6.45) is -12.8. The molecular formula is C16H24BN5O14P2-. The van der Waals surface area contributed by atoms with Crippen LogP contribution in [0.15, 0.2) is 12.7 Å². The highest BCUT2D eigenvalue weighted by atomic mass is 31.3. The maximum Gasteiger partial charge on any atom is 0.479 e. The largest absolute Gasteiger partial charge is 0.479 e. The first-order valence-electron chi connectivity index (χ1n) is 10.8. The van der Waals surface area contributed by atoms with Crippen molar-refractivity contribution in [3.05, 3.63) is 12.7 Å². The van der Waals surface area contributed by atoms with E-state index in [0.29, 0.717) is 0 Å². The van der Waals surface area contributed by atoms with Gasteiger partial charge in [-0.1, -0.05) is 0 Å². The van der Waals surface area contributed by atoms with E-state index in [9.17, 15) is 44.7 Å². The van der Waals surface area contributed by atoms with Gasteiger partial charge in [0.05, 0.1) is 27.0 Å². The summed E-state index contributed by atoms with van der Waals surface area (Å²) in [6, 6.07) is 0. The molecule has 0 saturated carbocycles. The van der Waals surface area contributed by atoms with Crippen LogP contribution in [-0.2, 0) is 32.0 Å². The van der Waals surface area contributed by atoms with Crippen LogP contribution in [-0.4, -0.2) is 125 Å². The van der Waals surface area contributed by atoms with Crippen LogP contribution in [0.1, 0.15) is 6.23 Å². The Morgan fingerprint density at radius 3 is 2.37 bits per heavy atom. The molecule has 38 heavy (non-hydrogen) atoms. The molecule has 2 aliphatic rings. The number of nitrogen functional groups attached to an aromatic ring is 1. The molecule has 0 aromatic carbocycles. The van der Waals surface area contributed by atoms with Gasteiger partial charge in [-0.05, 0) is 0 Å². The second-order valence-electron chi connectivity index (χ2n) is 8.32. The number of rotatable bonds is 9. The number of anilines is 1. The maximum absolute atomic E-state index is 12.5. The number of aliphatic hydroxyl groups is 6. The van der Waals surface area contributed by atoms with E-state index >= 15 is 0 Å². The van der Waals surface area contributed by atoms with Crippen molar-refractivity contribution >= 4 is 39.8 Å². The summed E-state index contributed by atoms with van der Waals surface area (Å²) in [5.74, 6) is 0.0576. The Hall–Kier alpha value is -1.61. The lowest BCUT2D eigenvalue weighted by Gasteiger charge is -2.40. The van der Waals surface area contributed by atoms with Crippen molar-refractivity contribution in [2.75, 3.05) is 18.9 Å². The molecule has 4 heterocycles. The van der Waals surface area contributed by atoms with Crippen molar-refractivity contribution in [3.8, 4) is 0 Å². The number of phosphoric acid groups is 1. The fourth-order valence-electron chi connectivity index (χ4n) is 3.80. The summed E-state index contributed by atoms with van der Waals surface area (Å²) >= 11 is 0. The van der Waals surface area contributed by atoms with Gasteiger partial charge in [-0.25, -0.2) is 23.8 Å². The van der Waals surface area contributed by atoms with Gasteiger partial charge in [0.2, 0.25) is 0 Å². The molecule has 2 aliphatic heterocycles. The molecule has 0 spiro atoms. The van der Waals surface area contributed by atoms with E-state index in [1.54, 1.807) is 0 Å². The number of hydrogen-bond acceptors (Lipinski definition) is 17. The quantitative estimate of drug-likeness (QED) is 0.104. The van der Waals surface area contributed by atoms with E-state index in [0.717, 1.165) is 6.33 Å². The van der Waals surface area contributed by atoms with Crippen molar-refractivity contribution < 1.29 is 67.5 Å². The number of phosphoric ester groups is 1. The number of hydrogen-bond donors (Lipinski definition) is 8. The minimum absolute atomic E-state index is 0.0576. The molecule has 19 nitrogen and oxygen atoms in total. The van der Waals surface area contributed by atoms with Gasteiger partial charge in [0.1, 0.15) is 54.6 Å². The molecule has 211 valence electrons. The summed E-state index contributed by atoms with van der Waals surface area (Å²) in [6.45, 7) is -1.67. The summed E-state index contributed by atoms with van der Waals surface area (Å²) in [7, 11) is -5.04. The standard InChI is InChI=1S/C16H24BN5O14P2/c17-37(29,36-38(30,31)35-16-12(28)10(26)8(24)5(1-23)34-16)32-2-6-9(25)11(27)15(33-6)22-4-21-7-13(18)19-3-20-14(7)22/h3-6,8-12,15-16,23-28H,1-2H2,(H,30,31)(H2,18,19,20)/q-1/t5?,6-,8+,9?,10+,11+,12?,15-,16+,37+/m1/s1. The second kappa shape index (κ2) is 11.1. The lowest BCUT2D eigenvalue weighted by Crippen LogP contribution is -2.58. The first kappa shape index (κ1) is 29.4. The number of ether oxygens (including phenoxy) is 2. The number of nitrogens with zero attached hydrogens (tertiary/aromatic N) is 4. The van der Waals surface area contributed by atoms with Crippen molar-refractivity contribution in [2.24, 2.45) is 0 Å². The predicted octanol–water partition coefficient (Wildman–Crippen LogP) is -3.75. The van der Waals surface area contributed by atoms with Crippen LogP contribution >= 0.6 is 15.3 Å². The normalized spacial score (nSPS) is 37.2. The van der Waals surface area contributed by atoms with Gasteiger partial charge in [0.15, 0.2) is 24.0 Å². The van der Waals surface area contributed by atoms with Gasteiger partial charge in [-0.15, -0.1) is 0 Å². The molecule has 22 heteroatoms. The van der Waals surface area contributed by atoms with E-state index in [1.165, 1.54) is 10.9 Å². The van der Waals surface area contributed by atoms with E-state index in [2.05, 4.69) is 23.8 Å². The molecule has 9 N–H and O–H groups in total. The van der Waals surface area contributed by atoms with Gasteiger partial charge in [0, 0.05) is 0 Å².